The number of nitrogens with two attached hydrogens (primary N) is 1. The largest absolute Gasteiger partial charge is 0.494 e. The SMILES string of the molecule is CCCCOc1ccc2[nH]c(Cc3ccc(/C=C/C(N)=O)cc3)nc2c1. The Bertz CT molecular complexity index is 911. The molecule has 3 aromatic rings. The number of aromatic nitrogens is 2. The number of aromatic amines is 1. The minimum absolute atomic E-state index is 0.450. The van der Waals surface area contributed by atoms with Gasteiger partial charge in [0.15, 0.2) is 0 Å². The van der Waals surface area contributed by atoms with E-state index in [9.17, 15) is 4.79 Å². The third-order valence-corrected chi connectivity index (χ3v) is 4.06. The van der Waals surface area contributed by atoms with Gasteiger partial charge in [-0.15, -0.1) is 0 Å². The number of primary amides is 1. The van der Waals surface area contributed by atoms with Gasteiger partial charge in [0.25, 0.3) is 0 Å². The minimum Gasteiger partial charge on any atom is -0.494 e. The molecule has 0 aliphatic rings. The van der Waals surface area contributed by atoms with E-state index >= 15 is 0 Å². The van der Waals surface area contributed by atoms with Gasteiger partial charge < -0.3 is 15.5 Å². The summed E-state index contributed by atoms with van der Waals surface area (Å²) in [6.07, 6.45) is 5.93. The summed E-state index contributed by atoms with van der Waals surface area (Å²) in [7, 11) is 0. The third-order valence-electron chi connectivity index (χ3n) is 4.06. The molecule has 0 saturated heterocycles. The van der Waals surface area contributed by atoms with Crippen LogP contribution in [0.15, 0.2) is 48.5 Å². The molecule has 134 valence electrons. The fourth-order valence-corrected chi connectivity index (χ4v) is 2.66. The Morgan fingerprint density at radius 1 is 1.23 bits per heavy atom. The van der Waals surface area contributed by atoms with Crippen molar-refractivity contribution in [2.45, 2.75) is 26.2 Å². The maximum atomic E-state index is 10.8. The molecular formula is C21H23N3O2. The van der Waals surface area contributed by atoms with Crippen LogP contribution in [0.2, 0.25) is 0 Å². The van der Waals surface area contributed by atoms with Crippen LogP contribution in [0.3, 0.4) is 0 Å². The first-order valence-electron chi connectivity index (χ1n) is 8.82. The highest BCUT2D eigenvalue weighted by atomic mass is 16.5. The zero-order chi connectivity index (χ0) is 18.4. The first-order chi connectivity index (χ1) is 12.6. The molecule has 3 N–H and O–H groups in total. The predicted molar refractivity (Wildman–Crippen MR) is 104 cm³/mol. The average Bonchev–Trinajstić information content (AvgIpc) is 3.03. The van der Waals surface area contributed by atoms with E-state index in [4.69, 9.17) is 10.5 Å². The Morgan fingerprint density at radius 2 is 2.04 bits per heavy atom. The number of nitrogens with one attached hydrogen (secondary N) is 1. The second kappa shape index (κ2) is 8.34. The van der Waals surface area contributed by atoms with Crippen molar-refractivity contribution in [3.63, 3.8) is 0 Å². The molecule has 2 aromatic carbocycles. The fraction of sp³-hybridized carbons (Fsp3) is 0.238. The van der Waals surface area contributed by atoms with Crippen LogP contribution in [0.25, 0.3) is 17.1 Å². The van der Waals surface area contributed by atoms with Crippen LogP contribution in [0.1, 0.15) is 36.7 Å². The standard InChI is InChI=1S/C21H23N3O2/c1-2-3-12-26-17-9-10-18-19(14-17)24-21(23-18)13-16-6-4-15(5-7-16)8-11-20(22)25/h4-11,14H,2-3,12-13H2,1H3,(H2,22,25)(H,23,24)/b11-8+. The molecule has 0 atom stereocenters. The number of unbranched alkanes of at least 4 members (excludes halogenated alkanes) is 1. The quantitative estimate of drug-likeness (QED) is 0.479. The van der Waals surface area contributed by atoms with Gasteiger partial charge >= 0.3 is 0 Å². The maximum absolute atomic E-state index is 10.8. The van der Waals surface area contributed by atoms with E-state index < -0.39 is 5.91 Å². The lowest BCUT2D eigenvalue weighted by atomic mass is 10.1. The number of nitrogens with zero attached hydrogens (tertiary/aromatic N) is 1. The molecule has 0 radical (unpaired) electrons. The summed E-state index contributed by atoms with van der Waals surface area (Å²) >= 11 is 0. The minimum atomic E-state index is -0.450. The van der Waals surface area contributed by atoms with E-state index in [1.54, 1.807) is 6.08 Å². The number of amides is 1. The lowest BCUT2D eigenvalue weighted by molar-refractivity contribution is -0.113. The molecule has 0 unspecified atom stereocenters. The summed E-state index contributed by atoms with van der Waals surface area (Å²) in [6, 6.07) is 13.9. The summed E-state index contributed by atoms with van der Waals surface area (Å²) < 4.78 is 5.74. The van der Waals surface area contributed by atoms with Gasteiger partial charge in [-0.2, -0.15) is 0 Å². The highest BCUT2D eigenvalue weighted by Gasteiger charge is 2.06. The summed E-state index contributed by atoms with van der Waals surface area (Å²) in [6.45, 7) is 2.88. The number of benzene rings is 2. The Balaban J connectivity index is 1.69. The van der Waals surface area contributed by atoms with Crippen molar-refractivity contribution in [2.75, 3.05) is 6.61 Å². The molecule has 0 spiro atoms. The number of imidazole rings is 1. The van der Waals surface area contributed by atoms with Crippen molar-refractivity contribution in [3.8, 4) is 5.75 Å². The van der Waals surface area contributed by atoms with Gasteiger partial charge in [-0.25, -0.2) is 4.98 Å². The lowest BCUT2D eigenvalue weighted by Gasteiger charge is -2.04. The Kier molecular flexibility index (Phi) is 5.69. The van der Waals surface area contributed by atoms with Crippen molar-refractivity contribution in [1.29, 1.82) is 0 Å². The third kappa shape index (κ3) is 4.72. The van der Waals surface area contributed by atoms with Gasteiger partial charge in [0.2, 0.25) is 5.91 Å². The number of hydrogen-bond donors (Lipinski definition) is 2. The highest BCUT2D eigenvalue weighted by molar-refractivity contribution is 5.90. The summed E-state index contributed by atoms with van der Waals surface area (Å²) in [5.41, 5.74) is 9.10. The summed E-state index contributed by atoms with van der Waals surface area (Å²) in [4.78, 5) is 18.8. The van der Waals surface area contributed by atoms with Gasteiger partial charge in [-0.05, 0) is 35.8 Å². The lowest BCUT2D eigenvalue weighted by Crippen LogP contribution is -2.05. The number of carbonyl (C=O) groups is 1. The van der Waals surface area contributed by atoms with Crippen LogP contribution in [-0.2, 0) is 11.2 Å². The van der Waals surface area contributed by atoms with Crippen LogP contribution >= 0.6 is 0 Å². The number of fused-ring (bicyclic) bond motifs is 1. The Morgan fingerprint density at radius 3 is 2.77 bits per heavy atom. The van der Waals surface area contributed by atoms with Crippen LogP contribution in [-0.4, -0.2) is 22.5 Å². The van der Waals surface area contributed by atoms with Gasteiger partial charge in [0.05, 0.1) is 17.6 Å². The molecule has 0 aliphatic heterocycles. The van der Waals surface area contributed by atoms with Crippen LogP contribution in [0.5, 0.6) is 5.75 Å². The van der Waals surface area contributed by atoms with E-state index in [1.165, 1.54) is 6.08 Å². The predicted octanol–water partition coefficient (Wildman–Crippen LogP) is 3.83. The van der Waals surface area contributed by atoms with E-state index in [-0.39, 0.29) is 0 Å². The smallest absolute Gasteiger partial charge is 0.241 e. The average molecular weight is 349 g/mol. The second-order valence-electron chi connectivity index (χ2n) is 6.22. The van der Waals surface area contributed by atoms with Crippen LogP contribution in [0, 0.1) is 0 Å². The monoisotopic (exact) mass is 349 g/mol. The number of hydrogen-bond acceptors (Lipinski definition) is 3. The molecule has 5 heteroatoms. The molecule has 0 fully saturated rings. The maximum Gasteiger partial charge on any atom is 0.241 e. The molecular weight excluding hydrogens is 326 g/mol. The van der Waals surface area contributed by atoms with Crippen molar-refractivity contribution < 1.29 is 9.53 Å². The first kappa shape index (κ1) is 17.7. The number of rotatable bonds is 8. The number of ether oxygens (including phenoxy) is 1. The van der Waals surface area contributed by atoms with Crippen molar-refractivity contribution >= 4 is 23.0 Å². The number of H-pyrrole nitrogens is 1. The Labute approximate surface area is 152 Å². The van der Waals surface area contributed by atoms with Crippen LogP contribution in [0.4, 0.5) is 0 Å². The van der Waals surface area contributed by atoms with Crippen LogP contribution < -0.4 is 10.5 Å². The van der Waals surface area contributed by atoms with E-state index in [2.05, 4.69) is 16.9 Å². The van der Waals surface area contributed by atoms with Crippen molar-refractivity contribution in [2.24, 2.45) is 5.73 Å². The molecule has 0 aliphatic carbocycles. The molecule has 0 saturated carbocycles. The van der Waals surface area contributed by atoms with Crippen molar-refractivity contribution in [3.05, 3.63) is 65.5 Å². The topological polar surface area (TPSA) is 81.0 Å². The molecule has 26 heavy (non-hydrogen) atoms. The van der Waals surface area contributed by atoms with E-state index in [1.807, 2.05) is 42.5 Å². The van der Waals surface area contributed by atoms with E-state index in [0.29, 0.717) is 6.42 Å². The van der Waals surface area contributed by atoms with Crippen molar-refractivity contribution in [1.82, 2.24) is 9.97 Å². The zero-order valence-electron chi connectivity index (χ0n) is 14.9. The Hall–Kier alpha value is -3.08. The molecule has 0 bridgehead atoms. The molecule has 1 amide bonds. The molecule has 1 aromatic heterocycles. The van der Waals surface area contributed by atoms with Gasteiger partial charge in [-0.3, -0.25) is 4.79 Å². The molecule has 5 nitrogen and oxygen atoms in total. The normalized spacial score (nSPS) is 11.3. The second-order valence-corrected chi connectivity index (χ2v) is 6.22. The number of carbonyl (C=O) groups excluding carboxylic acids is 1. The molecule has 3 rings (SSSR count). The summed E-state index contributed by atoms with van der Waals surface area (Å²) in [5, 5.41) is 0. The van der Waals surface area contributed by atoms with Gasteiger partial charge in [0, 0.05) is 18.6 Å². The fourth-order valence-electron chi connectivity index (χ4n) is 2.66. The van der Waals surface area contributed by atoms with Gasteiger partial charge in [0.1, 0.15) is 11.6 Å². The zero-order valence-corrected chi connectivity index (χ0v) is 14.9. The molecule has 1 heterocycles. The first-order valence-corrected chi connectivity index (χ1v) is 8.82. The van der Waals surface area contributed by atoms with E-state index in [0.717, 1.165) is 53.2 Å². The van der Waals surface area contributed by atoms with Gasteiger partial charge in [-0.1, -0.05) is 37.6 Å². The highest BCUT2D eigenvalue weighted by Crippen LogP contribution is 2.20. The summed E-state index contributed by atoms with van der Waals surface area (Å²) in [5.74, 6) is 1.31.